The van der Waals surface area contributed by atoms with Crippen LogP contribution in [0.2, 0.25) is 20.2 Å². The molecule has 0 aliphatic carbocycles. The fourth-order valence-electron chi connectivity index (χ4n) is 1.50. The molecule has 114 valence electrons. The molecule has 2 N–H and O–H groups in total. The highest BCUT2D eigenvalue weighted by Crippen LogP contribution is 2.36. The molecule has 1 aromatic heterocycles. The van der Waals surface area contributed by atoms with Gasteiger partial charge in [-0.05, 0) is 6.07 Å². The highest BCUT2D eigenvalue weighted by Gasteiger charge is 2.20. The third-order valence-electron chi connectivity index (χ3n) is 2.53. The Bertz CT molecular complexity index is 765. The summed E-state index contributed by atoms with van der Waals surface area (Å²) >= 11 is 23.7. The molecule has 2 rings (SSSR count). The van der Waals surface area contributed by atoms with Gasteiger partial charge in [0.1, 0.15) is 10.0 Å². The number of aromatic nitrogens is 1. The Labute approximate surface area is 145 Å². The second-order valence-electron chi connectivity index (χ2n) is 3.95. The Hall–Kier alpha value is -1.53. The number of carbonyl (C=O) groups is 1. The van der Waals surface area contributed by atoms with Crippen LogP contribution >= 0.6 is 46.4 Å². The number of nitrogens with one attached hydrogen (secondary N) is 1. The van der Waals surface area contributed by atoms with Crippen molar-refractivity contribution in [2.24, 2.45) is 5.10 Å². The monoisotopic (exact) mass is 377 g/mol. The second kappa shape index (κ2) is 7.15. The van der Waals surface area contributed by atoms with Crippen molar-refractivity contribution in [2.75, 3.05) is 5.43 Å². The van der Waals surface area contributed by atoms with Crippen molar-refractivity contribution in [1.29, 1.82) is 0 Å². The predicted molar refractivity (Wildman–Crippen MR) is 88.9 cm³/mol. The lowest BCUT2D eigenvalue weighted by Gasteiger charge is -2.09. The van der Waals surface area contributed by atoms with E-state index in [4.69, 9.17) is 51.5 Å². The number of carboxylic acids is 1. The van der Waals surface area contributed by atoms with Crippen molar-refractivity contribution in [3.63, 3.8) is 0 Å². The number of hydrogen-bond donors (Lipinski definition) is 2. The number of hydrazone groups is 1. The maximum absolute atomic E-state index is 11.0. The molecule has 1 aromatic carbocycles. The summed E-state index contributed by atoms with van der Waals surface area (Å²) in [6, 6.07) is 7.02. The van der Waals surface area contributed by atoms with Gasteiger partial charge in [-0.1, -0.05) is 64.6 Å². The van der Waals surface area contributed by atoms with Gasteiger partial charge < -0.3 is 5.11 Å². The highest BCUT2D eigenvalue weighted by atomic mass is 35.5. The standard InChI is InChI=1S/C13H7Cl4N3O2/c14-7-4-2-1-3-6(7)5-18-20-10-8(15)11(13(21)22)19-12(17)9(10)16/h1-5H,(H,19,20)(H,21,22)/b18-5-. The van der Waals surface area contributed by atoms with Crippen molar-refractivity contribution < 1.29 is 9.90 Å². The molecule has 5 nitrogen and oxygen atoms in total. The summed E-state index contributed by atoms with van der Waals surface area (Å²) in [5, 5.41) is 13.0. The molecule has 2 aromatic rings. The van der Waals surface area contributed by atoms with E-state index < -0.39 is 11.7 Å². The van der Waals surface area contributed by atoms with Crippen LogP contribution in [0, 0.1) is 0 Å². The maximum Gasteiger partial charge on any atom is 0.356 e. The van der Waals surface area contributed by atoms with Crippen LogP contribution in [-0.4, -0.2) is 22.3 Å². The summed E-state index contributed by atoms with van der Waals surface area (Å²) in [4.78, 5) is 14.6. The van der Waals surface area contributed by atoms with E-state index in [1.54, 1.807) is 24.3 Å². The number of carboxylic acid groups (broad SMARTS) is 1. The zero-order valence-electron chi connectivity index (χ0n) is 10.6. The predicted octanol–water partition coefficient (Wildman–Crippen LogP) is 4.84. The number of nitrogens with zero attached hydrogens (tertiary/aromatic N) is 2. The Morgan fingerprint density at radius 2 is 1.86 bits per heavy atom. The van der Waals surface area contributed by atoms with Crippen LogP contribution in [0.5, 0.6) is 0 Å². The lowest BCUT2D eigenvalue weighted by Crippen LogP contribution is -2.05. The van der Waals surface area contributed by atoms with Gasteiger partial charge in [0.25, 0.3) is 0 Å². The molecule has 0 saturated heterocycles. The van der Waals surface area contributed by atoms with Crippen molar-refractivity contribution >= 4 is 64.3 Å². The third kappa shape index (κ3) is 3.62. The molecule has 1 heterocycles. The fourth-order valence-corrected chi connectivity index (χ4v) is 2.35. The number of halogens is 4. The van der Waals surface area contributed by atoms with E-state index >= 15 is 0 Å². The molecule has 0 fully saturated rings. The van der Waals surface area contributed by atoms with Gasteiger partial charge in [-0.15, -0.1) is 0 Å². The first kappa shape index (κ1) is 16.8. The summed E-state index contributed by atoms with van der Waals surface area (Å²) < 4.78 is 0. The highest BCUT2D eigenvalue weighted by molar-refractivity contribution is 6.46. The summed E-state index contributed by atoms with van der Waals surface area (Å²) in [5.41, 5.74) is 2.83. The van der Waals surface area contributed by atoms with Crippen LogP contribution in [0.4, 0.5) is 5.69 Å². The smallest absolute Gasteiger partial charge is 0.356 e. The Morgan fingerprint density at radius 1 is 1.18 bits per heavy atom. The lowest BCUT2D eigenvalue weighted by atomic mass is 10.2. The van der Waals surface area contributed by atoms with E-state index in [1.165, 1.54) is 6.21 Å². The molecule has 0 spiro atoms. The number of benzene rings is 1. The molecule has 0 atom stereocenters. The van der Waals surface area contributed by atoms with Gasteiger partial charge in [-0.3, -0.25) is 5.43 Å². The Morgan fingerprint density at radius 3 is 2.50 bits per heavy atom. The molecule has 22 heavy (non-hydrogen) atoms. The number of anilines is 1. The van der Waals surface area contributed by atoms with Gasteiger partial charge in [0.2, 0.25) is 0 Å². The maximum atomic E-state index is 11.0. The minimum absolute atomic E-state index is 0.0343. The average molecular weight is 379 g/mol. The van der Waals surface area contributed by atoms with E-state index in [0.717, 1.165) is 0 Å². The molecule has 0 aliphatic heterocycles. The summed E-state index contributed by atoms with van der Waals surface area (Å²) in [7, 11) is 0. The first-order valence-electron chi connectivity index (χ1n) is 5.73. The van der Waals surface area contributed by atoms with Crippen molar-refractivity contribution in [1.82, 2.24) is 4.98 Å². The molecule has 0 unspecified atom stereocenters. The van der Waals surface area contributed by atoms with Gasteiger partial charge in [-0.2, -0.15) is 5.10 Å². The van der Waals surface area contributed by atoms with Gasteiger partial charge in [-0.25, -0.2) is 9.78 Å². The van der Waals surface area contributed by atoms with Crippen LogP contribution in [0.1, 0.15) is 16.1 Å². The first-order valence-corrected chi connectivity index (χ1v) is 7.24. The normalized spacial score (nSPS) is 10.9. The zero-order valence-corrected chi connectivity index (χ0v) is 13.7. The van der Waals surface area contributed by atoms with E-state index in [9.17, 15) is 4.79 Å². The van der Waals surface area contributed by atoms with Crippen LogP contribution in [0.3, 0.4) is 0 Å². The molecule has 0 amide bonds. The van der Waals surface area contributed by atoms with Gasteiger partial charge in [0, 0.05) is 10.6 Å². The number of hydrogen-bond acceptors (Lipinski definition) is 4. The van der Waals surface area contributed by atoms with Gasteiger partial charge in [0.05, 0.1) is 11.9 Å². The molecule has 0 aliphatic rings. The SMILES string of the molecule is O=C(O)c1nc(Cl)c(Cl)c(N/N=C\c2ccccc2Cl)c1Cl. The molecule has 0 radical (unpaired) electrons. The summed E-state index contributed by atoms with van der Waals surface area (Å²) in [6.45, 7) is 0. The average Bonchev–Trinajstić information content (AvgIpc) is 2.48. The second-order valence-corrected chi connectivity index (χ2v) is 5.47. The van der Waals surface area contributed by atoms with Crippen LogP contribution in [0.25, 0.3) is 0 Å². The fraction of sp³-hybridized carbons (Fsp3) is 0. The van der Waals surface area contributed by atoms with Crippen molar-refractivity contribution in [3.8, 4) is 0 Å². The van der Waals surface area contributed by atoms with Gasteiger partial charge in [0.15, 0.2) is 10.8 Å². The van der Waals surface area contributed by atoms with Crippen LogP contribution < -0.4 is 5.43 Å². The topological polar surface area (TPSA) is 74.6 Å². The molecule has 9 heteroatoms. The molecular weight excluding hydrogens is 372 g/mol. The quantitative estimate of drug-likeness (QED) is 0.453. The number of pyridine rings is 1. The minimum Gasteiger partial charge on any atom is -0.476 e. The largest absolute Gasteiger partial charge is 0.476 e. The first-order chi connectivity index (χ1) is 10.4. The minimum atomic E-state index is -1.33. The summed E-state index contributed by atoms with van der Waals surface area (Å²) in [5.74, 6) is -1.33. The van der Waals surface area contributed by atoms with E-state index in [2.05, 4.69) is 15.5 Å². The van der Waals surface area contributed by atoms with E-state index in [0.29, 0.717) is 10.6 Å². The lowest BCUT2D eigenvalue weighted by molar-refractivity contribution is 0.0691. The van der Waals surface area contributed by atoms with Crippen molar-refractivity contribution in [2.45, 2.75) is 0 Å². The Kier molecular flexibility index (Phi) is 5.47. The van der Waals surface area contributed by atoms with Gasteiger partial charge >= 0.3 is 5.97 Å². The van der Waals surface area contributed by atoms with Crippen molar-refractivity contribution in [3.05, 3.63) is 55.7 Å². The number of rotatable bonds is 4. The third-order valence-corrected chi connectivity index (χ3v) is 3.98. The summed E-state index contributed by atoms with van der Waals surface area (Å²) in [6.07, 6.45) is 1.43. The Balaban J connectivity index is 2.34. The molecule has 0 bridgehead atoms. The van der Waals surface area contributed by atoms with Crippen LogP contribution in [0.15, 0.2) is 29.4 Å². The molecule has 0 saturated carbocycles. The number of aromatic carboxylic acids is 1. The zero-order chi connectivity index (χ0) is 16.3. The molecular formula is C13H7Cl4N3O2. The van der Waals surface area contributed by atoms with E-state index in [-0.39, 0.29) is 20.9 Å². The van der Waals surface area contributed by atoms with E-state index in [1.807, 2.05) is 0 Å². The van der Waals surface area contributed by atoms with Crippen LogP contribution in [-0.2, 0) is 0 Å².